The van der Waals surface area contributed by atoms with Crippen molar-refractivity contribution < 1.29 is 9.21 Å². The first kappa shape index (κ1) is 12.4. The molecule has 0 aromatic carbocycles. The highest BCUT2D eigenvalue weighted by atomic mass is 16.3. The van der Waals surface area contributed by atoms with Gasteiger partial charge in [-0.1, -0.05) is 32.6 Å². The number of ketones is 1. The van der Waals surface area contributed by atoms with E-state index in [1.807, 2.05) is 12.1 Å². The van der Waals surface area contributed by atoms with Crippen LogP contribution in [-0.4, -0.2) is 5.78 Å². The van der Waals surface area contributed by atoms with E-state index in [1.165, 1.54) is 32.1 Å². The molecule has 1 fully saturated rings. The van der Waals surface area contributed by atoms with Crippen molar-refractivity contribution in [1.29, 1.82) is 0 Å². The molecule has 1 saturated carbocycles. The molecule has 1 heterocycles. The van der Waals surface area contributed by atoms with Gasteiger partial charge in [-0.05, 0) is 24.5 Å². The summed E-state index contributed by atoms with van der Waals surface area (Å²) in [6, 6.07) is 3.94. The Morgan fingerprint density at radius 3 is 2.88 bits per heavy atom. The van der Waals surface area contributed by atoms with Crippen LogP contribution in [0.2, 0.25) is 0 Å². The summed E-state index contributed by atoms with van der Waals surface area (Å²) in [5, 5.41) is 0. The Kier molecular flexibility index (Phi) is 4.41. The van der Waals surface area contributed by atoms with Gasteiger partial charge in [0.1, 0.15) is 11.5 Å². The second kappa shape index (κ2) is 6.04. The van der Waals surface area contributed by atoms with E-state index in [9.17, 15) is 4.79 Å². The van der Waals surface area contributed by atoms with Gasteiger partial charge in [0.15, 0.2) is 0 Å². The van der Waals surface area contributed by atoms with Crippen LogP contribution >= 0.6 is 0 Å². The van der Waals surface area contributed by atoms with Gasteiger partial charge in [0.25, 0.3) is 0 Å². The van der Waals surface area contributed by atoms with Crippen LogP contribution < -0.4 is 0 Å². The largest absolute Gasteiger partial charge is 0.469 e. The van der Waals surface area contributed by atoms with Crippen LogP contribution in [0.3, 0.4) is 0 Å². The van der Waals surface area contributed by atoms with Crippen LogP contribution in [-0.2, 0) is 4.79 Å². The summed E-state index contributed by atoms with van der Waals surface area (Å²) in [5.74, 6) is 2.29. The summed E-state index contributed by atoms with van der Waals surface area (Å²) in [6.45, 7) is 2.23. The summed E-state index contributed by atoms with van der Waals surface area (Å²) >= 11 is 0. The average molecular weight is 234 g/mol. The Labute approximate surface area is 103 Å². The van der Waals surface area contributed by atoms with Crippen LogP contribution in [0.15, 0.2) is 22.8 Å². The standard InChI is InChI=1S/C15H22O2/c1-2-3-4-5-7-12-10-13(16)11-14(12)15-8-6-9-17-15/h6,8-9,12,14H,2-5,7,10-11H2,1H3/t12-,14-/m1/s1. The van der Waals surface area contributed by atoms with Crippen molar-refractivity contribution in [3.05, 3.63) is 24.2 Å². The maximum Gasteiger partial charge on any atom is 0.133 e. The van der Waals surface area contributed by atoms with E-state index in [0.29, 0.717) is 24.0 Å². The lowest BCUT2D eigenvalue weighted by molar-refractivity contribution is -0.117. The zero-order valence-corrected chi connectivity index (χ0v) is 10.7. The first-order chi connectivity index (χ1) is 8.31. The molecule has 1 aromatic rings. The van der Waals surface area contributed by atoms with Crippen molar-refractivity contribution in [1.82, 2.24) is 0 Å². The number of carbonyl (C=O) groups excluding carboxylic acids is 1. The molecular formula is C15H22O2. The van der Waals surface area contributed by atoms with Crippen LogP contribution in [0.5, 0.6) is 0 Å². The van der Waals surface area contributed by atoms with Crippen molar-refractivity contribution in [2.75, 3.05) is 0 Å². The van der Waals surface area contributed by atoms with E-state index in [-0.39, 0.29) is 0 Å². The number of rotatable bonds is 6. The molecule has 0 radical (unpaired) electrons. The molecule has 0 N–H and O–H groups in total. The minimum atomic E-state index is 0.346. The van der Waals surface area contributed by atoms with Gasteiger partial charge in [-0.3, -0.25) is 4.79 Å². The third kappa shape index (κ3) is 3.21. The summed E-state index contributed by atoms with van der Waals surface area (Å²) in [5.41, 5.74) is 0. The normalized spacial score (nSPS) is 24.4. The predicted molar refractivity (Wildman–Crippen MR) is 67.9 cm³/mol. The van der Waals surface area contributed by atoms with Crippen molar-refractivity contribution >= 4 is 5.78 Å². The minimum Gasteiger partial charge on any atom is -0.469 e. The Balaban J connectivity index is 1.88. The molecule has 0 unspecified atom stereocenters. The van der Waals surface area contributed by atoms with Crippen LogP contribution in [0.25, 0.3) is 0 Å². The van der Waals surface area contributed by atoms with E-state index in [0.717, 1.165) is 12.2 Å². The van der Waals surface area contributed by atoms with Gasteiger partial charge in [-0.2, -0.15) is 0 Å². The summed E-state index contributed by atoms with van der Waals surface area (Å²) in [4.78, 5) is 11.6. The summed E-state index contributed by atoms with van der Waals surface area (Å²) < 4.78 is 5.47. The SMILES string of the molecule is CCCCCC[C@@H]1CC(=O)C[C@H]1c1ccco1. The lowest BCUT2D eigenvalue weighted by Crippen LogP contribution is -2.05. The first-order valence-electron chi connectivity index (χ1n) is 6.86. The highest BCUT2D eigenvalue weighted by Gasteiger charge is 2.34. The summed E-state index contributed by atoms with van der Waals surface area (Å²) in [6.07, 6.45) is 9.47. The fourth-order valence-electron chi connectivity index (χ4n) is 2.90. The van der Waals surface area contributed by atoms with Crippen molar-refractivity contribution in [3.8, 4) is 0 Å². The molecule has 2 rings (SSSR count). The van der Waals surface area contributed by atoms with E-state index in [4.69, 9.17) is 4.42 Å². The lowest BCUT2D eigenvalue weighted by Gasteiger charge is -2.16. The number of carbonyl (C=O) groups is 1. The Hall–Kier alpha value is -1.05. The Morgan fingerprint density at radius 1 is 1.29 bits per heavy atom. The molecule has 1 aliphatic carbocycles. The van der Waals surface area contributed by atoms with Gasteiger partial charge in [-0.15, -0.1) is 0 Å². The van der Waals surface area contributed by atoms with E-state index in [2.05, 4.69) is 6.92 Å². The monoisotopic (exact) mass is 234 g/mol. The molecule has 0 aliphatic heterocycles. The topological polar surface area (TPSA) is 30.2 Å². The zero-order chi connectivity index (χ0) is 12.1. The van der Waals surface area contributed by atoms with Crippen molar-refractivity contribution in [2.24, 2.45) is 5.92 Å². The van der Waals surface area contributed by atoms with E-state index < -0.39 is 0 Å². The zero-order valence-electron chi connectivity index (χ0n) is 10.7. The molecule has 1 aliphatic rings. The van der Waals surface area contributed by atoms with Crippen LogP contribution in [0.1, 0.15) is 63.5 Å². The Morgan fingerprint density at radius 2 is 2.18 bits per heavy atom. The molecule has 0 saturated heterocycles. The Bertz CT molecular complexity index is 340. The van der Waals surface area contributed by atoms with Gasteiger partial charge in [0, 0.05) is 18.8 Å². The quantitative estimate of drug-likeness (QED) is 0.686. The molecule has 2 heteroatoms. The van der Waals surface area contributed by atoms with E-state index in [1.54, 1.807) is 6.26 Å². The van der Waals surface area contributed by atoms with Gasteiger partial charge in [-0.25, -0.2) is 0 Å². The maximum absolute atomic E-state index is 11.6. The maximum atomic E-state index is 11.6. The fourth-order valence-corrected chi connectivity index (χ4v) is 2.90. The molecule has 0 bridgehead atoms. The number of unbranched alkanes of at least 4 members (excludes halogenated alkanes) is 3. The van der Waals surface area contributed by atoms with Gasteiger partial charge < -0.3 is 4.42 Å². The highest BCUT2D eigenvalue weighted by Crippen LogP contribution is 2.40. The van der Waals surface area contributed by atoms with Crippen LogP contribution in [0.4, 0.5) is 0 Å². The smallest absolute Gasteiger partial charge is 0.133 e. The number of furan rings is 1. The molecule has 0 amide bonds. The third-order valence-electron chi connectivity index (χ3n) is 3.84. The molecular weight excluding hydrogens is 212 g/mol. The molecule has 94 valence electrons. The van der Waals surface area contributed by atoms with Gasteiger partial charge in [0.05, 0.1) is 6.26 Å². The number of hydrogen-bond acceptors (Lipinski definition) is 2. The minimum absolute atomic E-state index is 0.346. The number of Topliss-reactive ketones (excluding diaryl/α,β-unsaturated/α-hetero) is 1. The molecule has 0 spiro atoms. The van der Waals surface area contributed by atoms with Crippen molar-refractivity contribution in [3.63, 3.8) is 0 Å². The molecule has 2 atom stereocenters. The number of hydrogen-bond donors (Lipinski definition) is 0. The highest BCUT2D eigenvalue weighted by molar-refractivity contribution is 5.82. The molecule has 1 aromatic heterocycles. The second-order valence-electron chi connectivity index (χ2n) is 5.18. The third-order valence-corrected chi connectivity index (χ3v) is 3.84. The van der Waals surface area contributed by atoms with Gasteiger partial charge >= 0.3 is 0 Å². The molecule has 2 nitrogen and oxygen atoms in total. The first-order valence-corrected chi connectivity index (χ1v) is 6.86. The predicted octanol–water partition coefficient (Wildman–Crippen LogP) is 4.31. The van der Waals surface area contributed by atoms with Crippen LogP contribution in [0, 0.1) is 5.92 Å². The summed E-state index contributed by atoms with van der Waals surface area (Å²) in [7, 11) is 0. The second-order valence-corrected chi connectivity index (χ2v) is 5.18. The molecule has 17 heavy (non-hydrogen) atoms. The fraction of sp³-hybridized carbons (Fsp3) is 0.667. The lowest BCUT2D eigenvalue weighted by atomic mass is 9.89. The van der Waals surface area contributed by atoms with Gasteiger partial charge in [0.2, 0.25) is 0 Å². The van der Waals surface area contributed by atoms with Crippen molar-refractivity contribution in [2.45, 2.75) is 57.8 Å². The average Bonchev–Trinajstić information content (AvgIpc) is 2.93. The van der Waals surface area contributed by atoms with E-state index >= 15 is 0 Å².